The van der Waals surface area contributed by atoms with Crippen molar-refractivity contribution in [3.05, 3.63) is 65.2 Å². The number of aryl methyl sites for hydroxylation is 1. The molecule has 0 amide bonds. The van der Waals surface area contributed by atoms with E-state index in [-0.39, 0.29) is 11.4 Å². The van der Waals surface area contributed by atoms with Crippen LogP contribution in [0.3, 0.4) is 0 Å². The molecule has 144 valence electrons. The fourth-order valence-electron chi connectivity index (χ4n) is 4.31. The van der Waals surface area contributed by atoms with Crippen LogP contribution in [0.15, 0.2) is 42.5 Å². The third-order valence-corrected chi connectivity index (χ3v) is 5.74. The molecule has 2 aromatic rings. The summed E-state index contributed by atoms with van der Waals surface area (Å²) in [7, 11) is 0. The average molecular weight is 370 g/mol. The van der Waals surface area contributed by atoms with E-state index in [0.29, 0.717) is 19.1 Å². The van der Waals surface area contributed by atoms with Gasteiger partial charge >= 0.3 is 0 Å². The van der Waals surface area contributed by atoms with Crippen molar-refractivity contribution in [2.24, 2.45) is 5.92 Å². The Morgan fingerprint density at radius 3 is 2.89 bits per heavy atom. The number of hydrogen-bond acceptors (Lipinski definition) is 4. The number of rotatable bonds is 7. The van der Waals surface area contributed by atoms with Crippen LogP contribution >= 0.6 is 0 Å². The lowest BCUT2D eigenvalue weighted by molar-refractivity contribution is -0.139. The molecule has 5 heteroatoms. The number of pyridine rings is 1. The predicted molar refractivity (Wildman–Crippen MR) is 102 cm³/mol. The fourth-order valence-corrected chi connectivity index (χ4v) is 4.31. The minimum Gasteiger partial charge on any atom is -0.375 e. The topological polar surface area (TPSA) is 34.6 Å². The highest BCUT2D eigenvalue weighted by molar-refractivity contribution is 5.18. The van der Waals surface area contributed by atoms with Crippen LogP contribution in [0.25, 0.3) is 0 Å². The van der Waals surface area contributed by atoms with Gasteiger partial charge in [0.05, 0.1) is 17.9 Å². The highest BCUT2D eigenvalue weighted by atomic mass is 19.1. The van der Waals surface area contributed by atoms with Crippen LogP contribution in [0.5, 0.6) is 0 Å². The van der Waals surface area contributed by atoms with Crippen molar-refractivity contribution in [3.8, 4) is 0 Å². The second kappa shape index (κ2) is 8.05. The van der Waals surface area contributed by atoms with Gasteiger partial charge in [0, 0.05) is 44.1 Å². The lowest BCUT2D eigenvalue weighted by atomic mass is 9.79. The van der Waals surface area contributed by atoms with E-state index in [4.69, 9.17) is 9.47 Å². The highest BCUT2D eigenvalue weighted by Crippen LogP contribution is 2.42. The monoisotopic (exact) mass is 370 g/mol. The van der Waals surface area contributed by atoms with Crippen molar-refractivity contribution in [1.29, 1.82) is 0 Å². The Morgan fingerprint density at radius 2 is 2.07 bits per heavy atom. The summed E-state index contributed by atoms with van der Waals surface area (Å²) in [5.41, 5.74) is 2.70. The molecule has 1 aromatic carbocycles. The van der Waals surface area contributed by atoms with Crippen LogP contribution in [0.1, 0.15) is 29.8 Å². The van der Waals surface area contributed by atoms with Crippen molar-refractivity contribution in [1.82, 2.24) is 9.88 Å². The summed E-state index contributed by atoms with van der Waals surface area (Å²) in [6.07, 6.45) is 2.08. The Bertz CT molecular complexity index is 776. The van der Waals surface area contributed by atoms with Crippen LogP contribution in [-0.4, -0.2) is 41.8 Å². The fraction of sp³-hybridized carbons (Fsp3) is 0.500. The summed E-state index contributed by atoms with van der Waals surface area (Å²) in [4.78, 5) is 6.74. The van der Waals surface area contributed by atoms with E-state index in [0.717, 1.165) is 56.1 Å². The first-order chi connectivity index (χ1) is 13.1. The zero-order valence-electron chi connectivity index (χ0n) is 15.9. The Morgan fingerprint density at radius 1 is 1.22 bits per heavy atom. The van der Waals surface area contributed by atoms with Gasteiger partial charge in [-0.15, -0.1) is 0 Å². The number of hydrogen-bond donors (Lipinski definition) is 0. The second-order valence-electron chi connectivity index (χ2n) is 7.75. The Labute approximate surface area is 160 Å². The molecule has 4 nitrogen and oxygen atoms in total. The number of nitrogens with zero attached hydrogens (tertiary/aromatic N) is 2. The summed E-state index contributed by atoms with van der Waals surface area (Å²) in [6.45, 7) is 6.50. The van der Waals surface area contributed by atoms with Gasteiger partial charge in [-0.05, 0) is 43.9 Å². The van der Waals surface area contributed by atoms with Crippen LogP contribution in [0.4, 0.5) is 4.39 Å². The third kappa shape index (κ3) is 4.21. The number of likely N-dealkylation sites (tertiary alicyclic amines) is 1. The molecule has 0 bridgehead atoms. The zero-order chi connectivity index (χ0) is 18.7. The van der Waals surface area contributed by atoms with Gasteiger partial charge in [0.2, 0.25) is 0 Å². The van der Waals surface area contributed by atoms with Crippen LogP contribution < -0.4 is 0 Å². The Balaban J connectivity index is 1.23. The number of ether oxygens (including phenoxy) is 2. The van der Waals surface area contributed by atoms with Crippen LogP contribution in [-0.2, 0) is 22.6 Å². The number of aromatic nitrogens is 1. The lowest BCUT2D eigenvalue weighted by Crippen LogP contribution is -2.64. The maximum absolute atomic E-state index is 13.8. The first-order valence-electron chi connectivity index (χ1n) is 9.75. The zero-order valence-corrected chi connectivity index (χ0v) is 15.9. The highest BCUT2D eigenvalue weighted by Gasteiger charge is 2.52. The quantitative estimate of drug-likeness (QED) is 0.696. The largest absolute Gasteiger partial charge is 0.375 e. The van der Waals surface area contributed by atoms with E-state index in [1.807, 2.05) is 37.3 Å². The minimum atomic E-state index is -0.125. The Hall–Kier alpha value is -1.82. The molecule has 2 aliphatic rings. The maximum Gasteiger partial charge on any atom is 0.127 e. The smallest absolute Gasteiger partial charge is 0.127 e. The summed E-state index contributed by atoms with van der Waals surface area (Å²) >= 11 is 0. The van der Waals surface area contributed by atoms with E-state index < -0.39 is 0 Å². The van der Waals surface area contributed by atoms with Crippen molar-refractivity contribution < 1.29 is 13.9 Å². The van der Waals surface area contributed by atoms with Gasteiger partial charge in [-0.3, -0.25) is 9.88 Å². The van der Waals surface area contributed by atoms with E-state index in [1.165, 1.54) is 6.07 Å². The number of halogens is 1. The molecule has 0 radical (unpaired) electrons. The standard InChI is InChI=1S/C22H27FN2O2/c1-17-5-4-7-20(24-17)14-26-11-9-19-10-12-27-22(19)15-25(16-22)13-18-6-2-3-8-21(18)23/h2-8,19H,9-16H2,1H3/t19-/m0/s1. The molecule has 2 saturated heterocycles. The summed E-state index contributed by atoms with van der Waals surface area (Å²) < 4.78 is 25.8. The average Bonchev–Trinajstić information content (AvgIpc) is 3.04. The molecule has 27 heavy (non-hydrogen) atoms. The van der Waals surface area contributed by atoms with Gasteiger partial charge in [0.15, 0.2) is 0 Å². The van der Waals surface area contributed by atoms with Crippen molar-refractivity contribution in [2.75, 3.05) is 26.3 Å². The van der Waals surface area contributed by atoms with E-state index >= 15 is 0 Å². The predicted octanol–water partition coefficient (Wildman–Crippen LogP) is 3.73. The van der Waals surface area contributed by atoms with E-state index in [2.05, 4.69) is 9.88 Å². The van der Waals surface area contributed by atoms with E-state index in [1.54, 1.807) is 6.07 Å². The molecule has 1 spiro atoms. The lowest BCUT2D eigenvalue weighted by Gasteiger charge is -2.50. The molecule has 2 aliphatic heterocycles. The van der Waals surface area contributed by atoms with E-state index in [9.17, 15) is 4.39 Å². The molecule has 4 rings (SSSR count). The van der Waals surface area contributed by atoms with Gasteiger partial charge in [0.25, 0.3) is 0 Å². The molecule has 0 saturated carbocycles. The van der Waals surface area contributed by atoms with Gasteiger partial charge in [-0.2, -0.15) is 0 Å². The molecule has 1 aromatic heterocycles. The summed E-state index contributed by atoms with van der Waals surface area (Å²) in [6, 6.07) is 13.0. The summed E-state index contributed by atoms with van der Waals surface area (Å²) in [5, 5.41) is 0. The van der Waals surface area contributed by atoms with Gasteiger partial charge in [0.1, 0.15) is 5.82 Å². The first kappa shape index (κ1) is 18.5. The molecule has 1 atom stereocenters. The maximum atomic E-state index is 13.8. The third-order valence-electron chi connectivity index (χ3n) is 5.74. The molecular weight excluding hydrogens is 343 g/mol. The molecule has 3 heterocycles. The molecule has 0 N–H and O–H groups in total. The minimum absolute atomic E-state index is 0.0593. The summed E-state index contributed by atoms with van der Waals surface area (Å²) in [5.74, 6) is 0.389. The van der Waals surface area contributed by atoms with Gasteiger partial charge in [-0.1, -0.05) is 24.3 Å². The Kier molecular flexibility index (Phi) is 5.53. The van der Waals surface area contributed by atoms with Crippen LogP contribution in [0, 0.1) is 18.7 Å². The van der Waals surface area contributed by atoms with Crippen molar-refractivity contribution in [3.63, 3.8) is 0 Å². The SMILES string of the molecule is Cc1cccc(COCC[C@H]2CCOC23CN(Cc2ccccc2F)C3)n1. The van der Waals surface area contributed by atoms with Crippen LogP contribution in [0.2, 0.25) is 0 Å². The first-order valence-corrected chi connectivity index (χ1v) is 9.75. The molecule has 2 fully saturated rings. The van der Waals surface area contributed by atoms with Crippen molar-refractivity contribution >= 4 is 0 Å². The molecule has 0 unspecified atom stereocenters. The van der Waals surface area contributed by atoms with Gasteiger partial charge < -0.3 is 9.47 Å². The van der Waals surface area contributed by atoms with Gasteiger partial charge in [-0.25, -0.2) is 4.39 Å². The van der Waals surface area contributed by atoms with Crippen molar-refractivity contribution in [2.45, 2.75) is 38.5 Å². The normalized spacial score (nSPS) is 21.5. The molecular formula is C22H27FN2O2. The second-order valence-corrected chi connectivity index (χ2v) is 7.75. The molecule has 0 aliphatic carbocycles. The number of benzene rings is 1.